The van der Waals surface area contributed by atoms with E-state index in [-0.39, 0.29) is 51.4 Å². The van der Waals surface area contributed by atoms with Crippen LogP contribution in [-0.4, -0.2) is 73.3 Å². The molecular formula is F3KSb. The molecule has 0 atom stereocenters. The summed E-state index contributed by atoms with van der Waals surface area (Å²) in [5, 5.41) is 0. The van der Waals surface area contributed by atoms with E-state index in [9.17, 15) is 8.44 Å². The molecule has 27 valence electrons. The van der Waals surface area contributed by atoms with Gasteiger partial charge in [0.1, 0.15) is 0 Å². The summed E-state index contributed by atoms with van der Waals surface area (Å²) in [6.07, 6.45) is 0. The van der Waals surface area contributed by atoms with Gasteiger partial charge in [0, 0.05) is 51.4 Å². The second kappa shape index (κ2) is 6.24. The van der Waals surface area contributed by atoms with Crippen molar-refractivity contribution in [2.75, 3.05) is 0 Å². The molecule has 0 aliphatic rings. The van der Waals surface area contributed by atoms with E-state index in [0.29, 0.717) is 0 Å². The second-order valence-electron chi connectivity index (χ2n) is 0.192. The molecule has 0 saturated carbocycles. The van der Waals surface area contributed by atoms with E-state index in [1.165, 1.54) is 0 Å². The molecule has 0 aromatic rings. The van der Waals surface area contributed by atoms with E-state index < -0.39 is 22.0 Å². The Morgan fingerprint density at radius 1 is 1.00 bits per heavy atom. The number of hydrogen-bond donors (Lipinski definition) is 0. The van der Waals surface area contributed by atoms with Crippen LogP contribution in [0.1, 0.15) is 0 Å². The van der Waals surface area contributed by atoms with Gasteiger partial charge in [-0.25, -0.2) is 0 Å². The summed E-state index contributed by atoms with van der Waals surface area (Å²) in [6.45, 7) is 0. The molecule has 0 amide bonds. The largest absolute Gasteiger partial charge is 0 e. The van der Waals surface area contributed by atoms with Gasteiger partial charge in [0.15, 0.2) is 0 Å². The molecule has 0 rings (SSSR count). The van der Waals surface area contributed by atoms with Gasteiger partial charge in [0.05, 0.1) is 0 Å². The quantitative estimate of drug-likeness (QED) is 0.519. The molecule has 0 aromatic heterocycles. The fourth-order valence-corrected chi connectivity index (χ4v) is 0. The van der Waals surface area contributed by atoms with Crippen LogP contribution in [0, 0.1) is 0 Å². The number of hydrogen-bond acceptors (Lipinski definition) is 0. The molecule has 0 N–H and O–H groups in total. The maximum Gasteiger partial charge on any atom is 0 e. The SMILES string of the molecule is [F][Sb]([F])[F].[K]. The first kappa shape index (κ1) is 10.3. The minimum atomic E-state index is -4.95. The molecular weight excluding hydrogens is 218 g/mol. The van der Waals surface area contributed by atoms with Gasteiger partial charge in [0.25, 0.3) is 0 Å². The summed E-state index contributed by atoms with van der Waals surface area (Å²) < 4.78 is 29.6. The fourth-order valence-electron chi connectivity index (χ4n) is 0. The molecule has 0 spiro atoms. The Morgan fingerprint density at radius 3 is 1.00 bits per heavy atom. The molecule has 0 aliphatic heterocycles. The Hall–Kier alpha value is 2.24. The fraction of sp³-hybridized carbons (Fsp3) is 0. The summed E-state index contributed by atoms with van der Waals surface area (Å²) in [5.41, 5.74) is 0. The monoisotopic (exact) mass is 217 g/mol. The average molecular weight is 218 g/mol. The predicted octanol–water partition coefficient (Wildman–Crippen LogP) is 0.499. The van der Waals surface area contributed by atoms with Crippen LogP contribution in [0.2, 0.25) is 0 Å². The third kappa shape index (κ3) is 22.3. The smallest absolute Gasteiger partial charge is 0 e. The van der Waals surface area contributed by atoms with Crippen LogP contribution in [0.15, 0.2) is 0 Å². The van der Waals surface area contributed by atoms with Gasteiger partial charge in [-0.2, -0.15) is 0 Å². The number of halogens is 3. The predicted molar refractivity (Wildman–Crippen MR) is 14.8 cm³/mol. The first-order chi connectivity index (χ1) is 1.73. The Labute approximate surface area is 79.9 Å². The molecule has 0 bridgehead atoms. The summed E-state index contributed by atoms with van der Waals surface area (Å²) >= 11 is -4.95. The van der Waals surface area contributed by atoms with Gasteiger partial charge in [-0.15, -0.1) is 0 Å². The molecule has 5 heavy (non-hydrogen) atoms. The Morgan fingerprint density at radius 2 is 1.00 bits per heavy atom. The van der Waals surface area contributed by atoms with Crippen LogP contribution in [0.4, 0.5) is 8.44 Å². The average Bonchev–Trinajstić information content (AvgIpc) is 0.811. The van der Waals surface area contributed by atoms with Crippen molar-refractivity contribution in [2.45, 2.75) is 0 Å². The Balaban J connectivity index is 0. The summed E-state index contributed by atoms with van der Waals surface area (Å²) in [4.78, 5) is 0. The Kier molecular flexibility index (Phi) is 12.8. The van der Waals surface area contributed by atoms with Crippen LogP contribution in [-0.2, 0) is 0 Å². The van der Waals surface area contributed by atoms with Gasteiger partial charge in [-0.3, -0.25) is 0 Å². The molecule has 0 aliphatic carbocycles. The third-order valence-electron chi connectivity index (χ3n) is 0. The van der Waals surface area contributed by atoms with Crippen molar-refractivity contribution < 1.29 is 8.44 Å². The maximum atomic E-state index is 9.85. The van der Waals surface area contributed by atoms with Crippen molar-refractivity contribution in [3.05, 3.63) is 0 Å². The summed E-state index contributed by atoms with van der Waals surface area (Å²) in [6, 6.07) is 0. The van der Waals surface area contributed by atoms with Crippen molar-refractivity contribution in [1.29, 1.82) is 0 Å². The first-order valence-electron chi connectivity index (χ1n) is 0.507. The van der Waals surface area contributed by atoms with E-state index in [0.717, 1.165) is 0 Å². The molecule has 0 saturated heterocycles. The van der Waals surface area contributed by atoms with E-state index in [2.05, 4.69) is 0 Å². The van der Waals surface area contributed by atoms with Crippen molar-refractivity contribution >= 4 is 73.3 Å². The van der Waals surface area contributed by atoms with Gasteiger partial charge in [-0.05, 0) is 0 Å². The van der Waals surface area contributed by atoms with Crippen LogP contribution < -0.4 is 0 Å². The number of rotatable bonds is 0. The summed E-state index contributed by atoms with van der Waals surface area (Å²) in [7, 11) is 0. The zero-order valence-corrected chi connectivity index (χ0v) is 8.26. The van der Waals surface area contributed by atoms with E-state index >= 15 is 0 Å². The van der Waals surface area contributed by atoms with Gasteiger partial charge >= 0.3 is 30.4 Å². The summed E-state index contributed by atoms with van der Waals surface area (Å²) in [5.74, 6) is 0. The van der Waals surface area contributed by atoms with Crippen molar-refractivity contribution in [2.24, 2.45) is 0 Å². The first-order valence-corrected chi connectivity index (χ1v) is 3.40. The van der Waals surface area contributed by atoms with E-state index in [1.54, 1.807) is 0 Å². The van der Waals surface area contributed by atoms with Gasteiger partial charge in [0.2, 0.25) is 0 Å². The van der Waals surface area contributed by atoms with Crippen molar-refractivity contribution in [3.8, 4) is 0 Å². The minimum Gasteiger partial charge on any atom is 0 e. The zero-order chi connectivity index (χ0) is 3.58. The Bertz CT molecular complexity index is 11.6. The molecule has 0 heterocycles. The van der Waals surface area contributed by atoms with E-state index in [1.807, 2.05) is 0 Å². The topological polar surface area (TPSA) is 0 Å². The van der Waals surface area contributed by atoms with Gasteiger partial charge < -0.3 is 0 Å². The third-order valence-corrected chi connectivity index (χ3v) is 0. The molecule has 1 radical (unpaired) electrons. The molecule has 0 nitrogen and oxygen atoms in total. The van der Waals surface area contributed by atoms with Crippen molar-refractivity contribution in [3.63, 3.8) is 0 Å². The zero-order valence-electron chi connectivity index (χ0n) is 2.58. The normalized spacial score (nSPS) is 7.20. The van der Waals surface area contributed by atoms with Crippen LogP contribution in [0.5, 0.6) is 0 Å². The standard InChI is InChI=1S/3FH.K.Sb/h3*1H;;/q;;;;+3/p-3. The van der Waals surface area contributed by atoms with Crippen LogP contribution >= 0.6 is 0 Å². The maximum absolute atomic E-state index is 9.85. The van der Waals surface area contributed by atoms with Crippen LogP contribution in [0.3, 0.4) is 0 Å². The molecule has 5 heteroatoms. The molecule has 0 unspecified atom stereocenters. The molecule has 0 aromatic carbocycles. The van der Waals surface area contributed by atoms with E-state index in [4.69, 9.17) is 0 Å². The van der Waals surface area contributed by atoms with Crippen LogP contribution in [0.25, 0.3) is 0 Å². The van der Waals surface area contributed by atoms with Crippen molar-refractivity contribution in [1.82, 2.24) is 0 Å². The minimum absolute atomic E-state index is 0. The molecule has 0 fully saturated rings. The second-order valence-corrected chi connectivity index (χ2v) is 1.29. The van der Waals surface area contributed by atoms with Gasteiger partial charge in [-0.1, -0.05) is 0 Å².